The Morgan fingerprint density at radius 2 is 1.86 bits per heavy atom. The van der Waals surface area contributed by atoms with Crippen molar-refractivity contribution in [2.45, 2.75) is 26.4 Å². The van der Waals surface area contributed by atoms with E-state index in [4.69, 9.17) is 12.6 Å². The molecule has 7 nitrogen and oxygen atoms in total. The maximum Gasteiger partial charge on any atom is 0.410 e. The number of benzene rings is 1. The number of amides is 2. The highest BCUT2D eigenvalue weighted by Crippen LogP contribution is 2.27. The minimum atomic E-state index is -0.510. The molecule has 0 spiro atoms. The number of rotatable bonds is 3. The van der Waals surface area contributed by atoms with E-state index in [1.807, 2.05) is 45.0 Å². The van der Waals surface area contributed by atoms with Gasteiger partial charge in [-0.05, 0) is 32.9 Å². The maximum absolute atomic E-state index is 12.4. The van der Waals surface area contributed by atoms with Gasteiger partial charge in [0.1, 0.15) is 11.3 Å². The fourth-order valence-corrected chi connectivity index (χ4v) is 3.43. The van der Waals surface area contributed by atoms with Crippen LogP contribution < -0.4 is 15.1 Å². The first-order valence-corrected chi connectivity index (χ1v) is 9.95. The zero-order chi connectivity index (χ0) is 20.3. The summed E-state index contributed by atoms with van der Waals surface area (Å²) in [5.41, 5.74) is 1.39. The summed E-state index contributed by atoms with van der Waals surface area (Å²) in [5, 5.41) is 4.54. The standard InChI is InChI=1S/C19H23BN4O3S/c1-19(2,3)27-18(26)24-10-8-23(9-11-24)15-7-5-4-6-13(15)21-16(25)14-12-28-17(20)22-14/h4-7,12H,8-11H2,1-3H3,(H,21,25). The van der Waals surface area contributed by atoms with E-state index in [1.54, 1.807) is 10.3 Å². The third kappa shape index (κ3) is 5.04. The van der Waals surface area contributed by atoms with E-state index in [0.29, 0.717) is 42.5 Å². The van der Waals surface area contributed by atoms with Crippen LogP contribution in [0.4, 0.5) is 16.2 Å². The molecule has 9 heteroatoms. The van der Waals surface area contributed by atoms with Crippen molar-refractivity contribution in [2.24, 2.45) is 0 Å². The first-order valence-electron chi connectivity index (χ1n) is 9.07. The second kappa shape index (κ2) is 8.22. The summed E-state index contributed by atoms with van der Waals surface area (Å²) < 4.78 is 5.44. The van der Waals surface area contributed by atoms with E-state index in [0.717, 1.165) is 5.69 Å². The molecular weight excluding hydrogens is 375 g/mol. The third-order valence-corrected chi connectivity index (χ3v) is 4.85. The number of nitrogens with zero attached hydrogens (tertiary/aromatic N) is 3. The number of ether oxygens (including phenoxy) is 1. The predicted molar refractivity (Wildman–Crippen MR) is 112 cm³/mol. The second-order valence-corrected chi connectivity index (χ2v) is 8.39. The van der Waals surface area contributed by atoms with Crippen LogP contribution in [0.3, 0.4) is 0 Å². The van der Waals surface area contributed by atoms with Crippen LogP contribution in [-0.4, -0.2) is 61.5 Å². The van der Waals surface area contributed by atoms with Crippen molar-refractivity contribution in [3.63, 3.8) is 0 Å². The third-order valence-electron chi connectivity index (χ3n) is 4.18. The fraction of sp³-hybridized carbons (Fsp3) is 0.421. The summed E-state index contributed by atoms with van der Waals surface area (Å²) in [4.78, 5) is 32.9. The lowest BCUT2D eigenvalue weighted by Crippen LogP contribution is -2.50. The minimum absolute atomic E-state index is 0.296. The van der Waals surface area contributed by atoms with Crippen LogP contribution in [0, 0.1) is 0 Å². The van der Waals surface area contributed by atoms with Crippen molar-refractivity contribution in [1.82, 2.24) is 9.88 Å². The van der Waals surface area contributed by atoms with Crippen LogP contribution in [0.25, 0.3) is 0 Å². The number of nitrogens with one attached hydrogen (secondary N) is 1. The Kier molecular flexibility index (Phi) is 5.93. The van der Waals surface area contributed by atoms with Crippen molar-refractivity contribution in [1.29, 1.82) is 0 Å². The molecule has 1 aromatic carbocycles. The fourth-order valence-electron chi connectivity index (χ4n) is 2.89. The van der Waals surface area contributed by atoms with Gasteiger partial charge in [0, 0.05) is 36.5 Å². The summed E-state index contributed by atoms with van der Waals surface area (Å²) in [6.45, 7) is 7.98. The van der Waals surface area contributed by atoms with Gasteiger partial charge in [0.05, 0.1) is 11.4 Å². The molecule has 2 aromatic rings. The lowest BCUT2D eigenvalue weighted by molar-refractivity contribution is 0.0240. The van der Waals surface area contributed by atoms with Crippen molar-refractivity contribution in [2.75, 3.05) is 36.4 Å². The Morgan fingerprint density at radius 1 is 1.18 bits per heavy atom. The van der Waals surface area contributed by atoms with Crippen LogP contribution in [-0.2, 0) is 4.74 Å². The number of hydrogen-bond donors (Lipinski definition) is 1. The average Bonchev–Trinajstić information content (AvgIpc) is 3.07. The summed E-state index contributed by atoms with van der Waals surface area (Å²) in [7, 11) is 5.61. The molecule has 0 aliphatic carbocycles. The molecule has 1 aliphatic rings. The average molecular weight is 398 g/mol. The molecule has 1 saturated heterocycles. The number of carbonyl (C=O) groups excluding carboxylic acids is 2. The van der Waals surface area contributed by atoms with Gasteiger partial charge in [0.2, 0.25) is 0 Å². The Hall–Kier alpha value is -2.55. The van der Waals surface area contributed by atoms with Gasteiger partial charge in [-0.3, -0.25) is 4.79 Å². The zero-order valence-electron chi connectivity index (χ0n) is 16.3. The van der Waals surface area contributed by atoms with Gasteiger partial charge in [-0.2, -0.15) is 0 Å². The molecule has 2 amide bonds. The second-order valence-electron chi connectivity index (χ2n) is 7.50. The normalized spacial score (nSPS) is 14.7. The number of hydrogen-bond acceptors (Lipinski definition) is 6. The lowest BCUT2D eigenvalue weighted by atomic mass is 10.2. The topological polar surface area (TPSA) is 74.8 Å². The molecule has 146 valence electrons. The highest BCUT2D eigenvalue weighted by atomic mass is 32.1. The molecule has 0 saturated carbocycles. The van der Waals surface area contributed by atoms with E-state index < -0.39 is 5.60 Å². The van der Waals surface area contributed by atoms with Gasteiger partial charge in [-0.25, -0.2) is 9.78 Å². The van der Waals surface area contributed by atoms with E-state index in [9.17, 15) is 9.59 Å². The van der Waals surface area contributed by atoms with E-state index in [1.165, 1.54) is 11.3 Å². The number of para-hydroxylation sites is 2. The highest BCUT2D eigenvalue weighted by Gasteiger charge is 2.27. The molecule has 2 radical (unpaired) electrons. The molecule has 1 N–H and O–H groups in total. The molecule has 0 unspecified atom stereocenters. The van der Waals surface area contributed by atoms with Crippen molar-refractivity contribution in [3.05, 3.63) is 35.3 Å². The van der Waals surface area contributed by atoms with Gasteiger partial charge in [0.15, 0.2) is 7.85 Å². The van der Waals surface area contributed by atoms with Gasteiger partial charge in [-0.15, -0.1) is 11.3 Å². The molecule has 0 bridgehead atoms. The Labute approximate surface area is 170 Å². The molecule has 3 rings (SSSR count). The molecule has 2 heterocycles. The van der Waals surface area contributed by atoms with Gasteiger partial charge < -0.3 is 19.9 Å². The zero-order valence-corrected chi connectivity index (χ0v) is 17.1. The molecule has 28 heavy (non-hydrogen) atoms. The van der Waals surface area contributed by atoms with Crippen LogP contribution in [0.15, 0.2) is 29.6 Å². The van der Waals surface area contributed by atoms with Gasteiger partial charge in [0.25, 0.3) is 5.91 Å². The number of anilines is 2. The monoisotopic (exact) mass is 398 g/mol. The number of thiazole rings is 1. The molecule has 1 aliphatic heterocycles. The predicted octanol–water partition coefficient (Wildman–Crippen LogP) is 2.25. The van der Waals surface area contributed by atoms with E-state index >= 15 is 0 Å². The quantitative estimate of drug-likeness (QED) is 0.803. The van der Waals surface area contributed by atoms with Crippen LogP contribution in [0.1, 0.15) is 31.3 Å². The van der Waals surface area contributed by atoms with Crippen molar-refractivity contribution < 1.29 is 14.3 Å². The summed E-state index contributed by atoms with van der Waals surface area (Å²) in [6.07, 6.45) is -0.296. The molecule has 1 fully saturated rings. The van der Waals surface area contributed by atoms with Crippen LogP contribution in [0.2, 0.25) is 0 Å². The van der Waals surface area contributed by atoms with Crippen molar-refractivity contribution in [3.8, 4) is 0 Å². The number of piperazine rings is 1. The first kappa shape index (κ1) is 20.2. The molecular formula is C19H23BN4O3S. The lowest BCUT2D eigenvalue weighted by Gasteiger charge is -2.37. The minimum Gasteiger partial charge on any atom is -0.444 e. The molecule has 0 atom stereocenters. The highest BCUT2D eigenvalue weighted by molar-refractivity contribution is 7.17. The van der Waals surface area contributed by atoms with E-state index in [-0.39, 0.29) is 12.0 Å². The number of aromatic nitrogens is 1. The van der Waals surface area contributed by atoms with Crippen LogP contribution >= 0.6 is 11.3 Å². The first-order chi connectivity index (χ1) is 13.2. The number of carbonyl (C=O) groups is 2. The Morgan fingerprint density at radius 3 is 2.46 bits per heavy atom. The summed E-state index contributed by atoms with van der Waals surface area (Å²) in [5.74, 6) is -0.298. The summed E-state index contributed by atoms with van der Waals surface area (Å²) >= 11 is 1.23. The smallest absolute Gasteiger partial charge is 0.410 e. The SMILES string of the molecule is [B]c1nc(C(=O)Nc2ccccc2N2CCN(C(=O)OC(C)(C)C)CC2)cs1. The van der Waals surface area contributed by atoms with Gasteiger partial charge in [-0.1, -0.05) is 12.1 Å². The Bertz CT molecular complexity index is 857. The summed E-state index contributed by atoms with van der Waals surface area (Å²) in [6, 6.07) is 7.59. The maximum atomic E-state index is 12.4. The van der Waals surface area contributed by atoms with Crippen molar-refractivity contribution >= 4 is 47.5 Å². The molecule has 1 aromatic heterocycles. The van der Waals surface area contributed by atoms with E-state index in [2.05, 4.69) is 15.2 Å². The largest absolute Gasteiger partial charge is 0.444 e. The van der Waals surface area contributed by atoms with Gasteiger partial charge >= 0.3 is 6.09 Å². The Balaban J connectivity index is 1.65. The van der Waals surface area contributed by atoms with Crippen LogP contribution in [0.5, 0.6) is 0 Å².